The Balaban J connectivity index is 1.37. The summed E-state index contributed by atoms with van der Waals surface area (Å²) in [5.41, 5.74) is 4.31. The fourth-order valence-corrected chi connectivity index (χ4v) is 5.09. The first-order chi connectivity index (χ1) is 19.2. The van der Waals surface area contributed by atoms with Crippen molar-refractivity contribution in [3.63, 3.8) is 0 Å². The van der Waals surface area contributed by atoms with Gasteiger partial charge in [-0.1, -0.05) is 103 Å². The molecule has 0 bridgehead atoms. The summed E-state index contributed by atoms with van der Waals surface area (Å²) in [6, 6.07) is 42.4. The molecule has 0 saturated carbocycles. The van der Waals surface area contributed by atoms with Gasteiger partial charge in [-0.25, -0.2) is 9.98 Å². The molecular formula is C35H23N3O. The van der Waals surface area contributed by atoms with Crippen LogP contribution in [0.1, 0.15) is 16.7 Å². The van der Waals surface area contributed by atoms with Crippen LogP contribution in [0.15, 0.2) is 142 Å². The van der Waals surface area contributed by atoms with E-state index >= 15 is 0 Å². The van der Waals surface area contributed by atoms with Gasteiger partial charge in [-0.05, 0) is 46.0 Å². The first-order valence-corrected chi connectivity index (χ1v) is 12.8. The van der Waals surface area contributed by atoms with Crippen molar-refractivity contribution in [2.45, 2.75) is 0 Å². The average molecular weight is 502 g/mol. The standard InChI is InChI=1S/C35H23N3O/c36-34(31-15-8-12-24-11-4-5-13-27(24)31)38-35(37-22-23-9-2-1-3-10-23)26-18-19-28-25(21-26)17-20-30-29-14-6-7-16-32(29)39-33(28)30/h1-22,36H. The summed E-state index contributed by atoms with van der Waals surface area (Å²) in [5, 5.41) is 15.3. The van der Waals surface area contributed by atoms with Crippen LogP contribution in [0.5, 0.6) is 0 Å². The number of furan rings is 1. The number of hydrogen-bond donors (Lipinski definition) is 1. The van der Waals surface area contributed by atoms with Crippen molar-refractivity contribution in [1.29, 1.82) is 5.41 Å². The molecule has 0 aliphatic heterocycles. The maximum atomic E-state index is 8.93. The molecule has 184 valence electrons. The summed E-state index contributed by atoms with van der Waals surface area (Å²) in [6.07, 6.45) is 1.79. The normalized spacial score (nSPS) is 12.3. The van der Waals surface area contributed by atoms with E-state index in [1.165, 1.54) is 0 Å². The Hall–Kier alpha value is -5.35. The Morgan fingerprint density at radius 3 is 2.26 bits per heavy atom. The number of aliphatic imine (C=N–C) groups is 2. The van der Waals surface area contributed by atoms with Gasteiger partial charge in [0.25, 0.3) is 0 Å². The third-order valence-electron chi connectivity index (χ3n) is 7.02. The minimum Gasteiger partial charge on any atom is -0.455 e. The minimum atomic E-state index is 0.167. The van der Waals surface area contributed by atoms with Gasteiger partial charge in [0.15, 0.2) is 11.7 Å². The summed E-state index contributed by atoms with van der Waals surface area (Å²) in [6.45, 7) is 0. The molecule has 0 saturated heterocycles. The van der Waals surface area contributed by atoms with Crippen molar-refractivity contribution >= 4 is 61.4 Å². The van der Waals surface area contributed by atoms with Crippen LogP contribution < -0.4 is 0 Å². The van der Waals surface area contributed by atoms with Crippen LogP contribution in [0, 0.1) is 5.41 Å². The zero-order valence-corrected chi connectivity index (χ0v) is 21.0. The monoisotopic (exact) mass is 501 g/mol. The lowest BCUT2D eigenvalue weighted by Gasteiger charge is -2.08. The molecule has 0 spiro atoms. The van der Waals surface area contributed by atoms with Gasteiger partial charge in [-0.2, -0.15) is 0 Å². The molecule has 7 aromatic rings. The number of amidine groups is 2. The lowest BCUT2D eigenvalue weighted by molar-refractivity contribution is 0.672. The van der Waals surface area contributed by atoms with E-state index in [1.807, 2.05) is 97.1 Å². The number of nitrogens with one attached hydrogen (secondary N) is 1. The van der Waals surface area contributed by atoms with E-state index in [0.717, 1.165) is 60.2 Å². The highest BCUT2D eigenvalue weighted by molar-refractivity contribution is 6.19. The summed E-state index contributed by atoms with van der Waals surface area (Å²) < 4.78 is 6.24. The van der Waals surface area contributed by atoms with Gasteiger partial charge < -0.3 is 4.42 Å². The summed E-state index contributed by atoms with van der Waals surface area (Å²) in [4.78, 5) is 9.54. The van der Waals surface area contributed by atoms with Crippen LogP contribution in [0.3, 0.4) is 0 Å². The van der Waals surface area contributed by atoms with Gasteiger partial charge in [-0.3, -0.25) is 5.41 Å². The van der Waals surface area contributed by atoms with E-state index < -0.39 is 0 Å². The average Bonchev–Trinajstić information content (AvgIpc) is 3.38. The Morgan fingerprint density at radius 1 is 0.615 bits per heavy atom. The zero-order chi connectivity index (χ0) is 26.2. The molecule has 0 fully saturated rings. The highest BCUT2D eigenvalue weighted by Crippen LogP contribution is 2.34. The third-order valence-corrected chi connectivity index (χ3v) is 7.02. The molecule has 4 heteroatoms. The molecule has 0 atom stereocenters. The molecule has 1 N–H and O–H groups in total. The van der Waals surface area contributed by atoms with Gasteiger partial charge in [-0.15, -0.1) is 0 Å². The number of rotatable bonds is 3. The van der Waals surface area contributed by atoms with Crippen molar-refractivity contribution in [3.8, 4) is 0 Å². The fourth-order valence-electron chi connectivity index (χ4n) is 5.09. The molecule has 1 heterocycles. The number of hydrogen-bond acceptors (Lipinski definition) is 2. The molecule has 4 nitrogen and oxygen atoms in total. The van der Waals surface area contributed by atoms with Gasteiger partial charge >= 0.3 is 0 Å². The predicted molar refractivity (Wildman–Crippen MR) is 163 cm³/mol. The third kappa shape index (κ3) is 4.18. The Kier molecular flexibility index (Phi) is 5.56. The first kappa shape index (κ1) is 22.8. The van der Waals surface area contributed by atoms with E-state index in [0.29, 0.717) is 5.84 Å². The SMILES string of the molecule is N=C(N=C(N=Cc1ccccc1)c1ccc2c(ccc3c4ccccc4oc23)c1)c1cccc2ccccc12. The molecule has 0 amide bonds. The van der Waals surface area contributed by atoms with E-state index in [9.17, 15) is 0 Å². The number of nitrogens with zero attached hydrogens (tertiary/aromatic N) is 2. The van der Waals surface area contributed by atoms with Crippen LogP contribution in [-0.4, -0.2) is 17.9 Å². The van der Waals surface area contributed by atoms with Gasteiger partial charge in [0.05, 0.1) is 0 Å². The number of benzene rings is 6. The first-order valence-electron chi connectivity index (χ1n) is 12.8. The highest BCUT2D eigenvalue weighted by Gasteiger charge is 2.13. The van der Waals surface area contributed by atoms with Crippen LogP contribution >= 0.6 is 0 Å². The Bertz CT molecular complexity index is 2080. The van der Waals surface area contributed by atoms with Crippen LogP contribution in [0.2, 0.25) is 0 Å². The zero-order valence-electron chi connectivity index (χ0n) is 21.0. The molecule has 7 rings (SSSR count). The molecule has 0 unspecified atom stereocenters. The van der Waals surface area contributed by atoms with Crippen LogP contribution in [0.25, 0.3) is 43.5 Å². The topological polar surface area (TPSA) is 61.7 Å². The Labute approximate surface area is 225 Å². The molecular weight excluding hydrogens is 478 g/mol. The second-order valence-electron chi connectivity index (χ2n) is 9.46. The smallest absolute Gasteiger partial charge is 0.161 e. The summed E-state index contributed by atoms with van der Waals surface area (Å²) in [5.74, 6) is 0.642. The summed E-state index contributed by atoms with van der Waals surface area (Å²) in [7, 11) is 0. The van der Waals surface area contributed by atoms with Gasteiger partial charge in [0.2, 0.25) is 0 Å². The second-order valence-corrected chi connectivity index (χ2v) is 9.46. The largest absolute Gasteiger partial charge is 0.455 e. The maximum Gasteiger partial charge on any atom is 0.161 e. The molecule has 1 aromatic heterocycles. The van der Waals surface area contributed by atoms with Crippen LogP contribution in [0.4, 0.5) is 0 Å². The van der Waals surface area contributed by atoms with Gasteiger partial charge in [0, 0.05) is 33.5 Å². The van der Waals surface area contributed by atoms with Crippen molar-refractivity contribution in [2.75, 3.05) is 0 Å². The predicted octanol–water partition coefficient (Wildman–Crippen LogP) is 8.78. The maximum absolute atomic E-state index is 8.93. The van der Waals surface area contributed by atoms with Gasteiger partial charge in [0.1, 0.15) is 11.2 Å². The Morgan fingerprint density at radius 2 is 1.36 bits per heavy atom. The molecule has 39 heavy (non-hydrogen) atoms. The molecule has 0 aliphatic carbocycles. The van der Waals surface area contributed by atoms with E-state index in [-0.39, 0.29) is 5.84 Å². The number of para-hydroxylation sites is 1. The van der Waals surface area contributed by atoms with Crippen molar-refractivity contribution in [1.82, 2.24) is 0 Å². The number of fused-ring (bicyclic) bond motifs is 6. The molecule has 0 aliphatic rings. The van der Waals surface area contributed by atoms with E-state index in [4.69, 9.17) is 19.8 Å². The summed E-state index contributed by atoms with van der Waals surface area (Å²) >= 11 is 0. The minimum absolute atomic E-state index is 0.167. The molecule has 0 radical (unpaired) electrons. The van der Waals surface area contributed by atoms with Crippen molar-refractivity contribution in [2.24, 2.45) is 9.98 Å². The fraction of sp³-hybridized carbons (Fsp3) is 0. The second kappa shape index (κ2) is 9.51. The van der Waals surface area contributed by atoms with Crippen molar-refractivity contribution < 1.29 is 4.42 Å². The highest BCUT2D eigenvalue weighted by atomic mass is 16.3. The van der Waals surface area contributed by atoms with E-state index in [1.54, 1.807) is 6.21 Å². The van der Waals surface area contributed by atoms with E-state index in [2.05, 4.69) is 30.3 Å². The lowest BCUT2D eigenvalue weighted by Crippen LogP contribution is -2.05. The lowest BCUT2D eigenvalue weighted by atomic mass is 10.0. The van der Waals surface area contributed by atoms with Crippen molar-refractivity contribution in [3.05, 3.63) is 144 Å². The van der Waals surface area contributed by atoms with Crippen LogP contribution in [-0.2, 0) is 0 Å². The quantitative estimate of drug-likeness (QED) is 0.191. The molecule has 6 aromatic carbocycles.